The molecule has 9 nitrogen and oxygen atoms in total. The molecule has 3 heterocycles. The molecule has 1 saturated heterocycles. The monoisotopic (exact) mass is 526 g/mol. The summed E-state index contributed by atoms with van der Waals surface area (Å²) in [4.78, 5) is 14.6. The quantitative estimate of drug-likeness (QED) is 0.464. The second-order valence-corrected chi connectivity index (χ2v) is 12.7. The molecule has 3 aliphatic rings. The first kappa shape index (κ1) is 25.5. The lowest BCUT2D eigenvalue weighted by molar-refractivity contribution is 0.0672. The number of benzene rings is 1. The van der Waals surface area contributed by atoms with Crippen LogP contribution in [-0.4, -0.2) is 56.2 Å². The van der Waals surface area contributed by atoms with E-state index in [1.165, 1.54) is 24.0 Å². The number of nitrogens with one attached hydrogen (secondary N) is 2. The van der Waals surface area contributed by atoms with Crippen molar-refractivity contribution in [2.24, 2.45) is 5.41 Å². The molecule has 39 heavy (non-hydrogen) atoms. The Balaban J connectivity index is 1.17. The van der Waals surface area contributed by atoms with E-state index in [0.29, 0.717) is 17.8 Å². The zero-order chi connectivity index (χ0) is 27.4. The molecule has 1 aliphatic heterocycles. The first-order valence-electron chi connectivity index (χ1n) is 14.1. The number of hydrogen-bond donors (Lipinski definition) is 2. The minimum Gasteiger partial charge on any atom is -0.372 e. The van der Waals surface area contributed by atoms with Gasteiger partial charge in [-0.1, -0.05) is 24.3 Å². The fourth-order valence-electron chi connectivity index (χ4n) is 6.32. The van der Waals surface area contributed by atoms with Gasteiger partial charge in [0, 0.05) is 37.4 Å². The number of urea groups is 1. The Labute approximate surface area is 230 Å². The molecule has 2 aliphatic carbocycles. The van der Waals surface area contributed by atoms with Crippen molar-refractivity contribution < 1.29 is 4.79 Å². The highest BCUT2D eigenvalue weighted by atomic mass is 16.2. The Bertz CT molecular complexity index is 1430. The summed E-state index contributed by atoms with van der Waals surface area (Å²) in [6, 6.07) is 11.4. The fraction of sp³-hybridized carbons (Fsp3) is 0.533. The van der Waals surface area contributed by atoms with E-state index in [1.54, 1.807) is 0 Å². The maximum atomic E-state index is 12.7. The van der Waals surface area contributed by atoms with Crippen LogP contribution in [0, 0.1) is 16.7 Å². The zero-order valence-electron chi connectivity index (χ0n) is 23.4. The first-order chi connectivity index (χ1) is 18.7. The summed E-state index contributed by atoms with van der Waals surface area (Å²) in [5.74, 6) is 1.47. The van der Waals surface area contributed by atoms with Gasteiger partial charge in [-0.05, 0) is 75.3 Å². The molecule has 0 atom stereocenters. The highest BCUT2D eigenvalue weighted by Gasteiger charge is 2.51. The molecule has 2 N–H and O–H groups in total. The summed E-state index contributed by atoms with van der Waals surface area (Å²) in [5, 5.41) is 26.0. The van der Waals surface area contributed by atoms with Crippen LogP contribution >= 0.6 is 0 Å². The van der Waals surface area contributed by atoms with E-state index in [0.717, 1.165) is 49.7 Å². The maximum absolute atomic E-state index is 12.7. The summed E-state index contributed by atoms with van der Waals surface area (Å²) < 4.78 is 3.92. The van der Waals surface area contributed by atoms with Gasteiger partial charge in [0.2, 0.25) is 0 Å². The molecular formula is C30H38N8O. The van der Waals surface area contributed by atoms with E-state index in [4.69, 9.17) is 5.10 Å². The molecule has 0 unspecified atom stereocenters. The highest BCUT2D eigenvalue weighted by molar-refractivity contribution is 5.75. The highest BCUT2D eigenvalue weighted by Crippen LogP contribution is 2.55. The minimum atomic E-state index is -0.246. The number of nitrogens with zero attached hydrogens (tertiary/aromatic N) is 6. The topological polar surface area (TPSA) is 104 Å². The van der Waals surface area contributed by atoms with Crippen molar-refractivity contribution in [3.8, 4) is 17.3 Å². The SMILES string of the molecule is CNc1c(C#N)c(-c2cnn(Cc3cccc(C4CC4)c3)c2)nn1[C@H]1C[C@@]2(CCN(C(=O)NC(C)(C)C)C2)C1. The lowest BCUT2D eigenvalue weighted by Crippen LogP contribution is -2.49. The molecule has 3 fully saturated rings. The van der Waals surface area contributed by atoms with E-state index in [2.05, 4.69) is 46.1 Å². The van der Waals surface area contributed by atoms with E-state index in [9.17, 15) is 10.1 Å². The van der Waals surface area contributed by atoms with Crippen LogP contribution in [0.25, 0.3) is 11.3 Å². The van der Waals surface area contributed by atoms with Crippen molar-refractivity contribution in [1.29, 1.82) is 5.26 Å². The van der Waals surface area contributed by atoms with Crippen LogP contribution < -0.4 is 10.6 Å². The average molecular weight is 527 g/mol. The molecule has 204 valence electrons. The first-order valence-corrected chi connectivity index (χ1v) is 14.1. The molecule has 0 radical (unpaired) electrons. The van der Waals surface area contributed by atoms with Crippen molar-refractivity contribution >= 4 is 11.8 Å². The van der Waals surface area contributed by atoms with E-state index < -0.39 is 0 Å². The Morgan fingerprint density at radius 1 is 1.26 bits per heavy atom. The summed E-state index contributed by atoms with van der Waals surface area (Å²) >= 11 is 0. The number of likely N-dealkylation sites (tertiary alicyclic amines) is 1. The third-order valence-corrected chi connectivity index (χ3v) is 8.40. The molecule has 1 aromatic carbocycles. The lowest BCUT2D eigenvalue weighted by Gasteiger charge is -2.45. The molecule has 0 bridgehead atoms. The number of carbonyl (C=O) groups excluding carboxylic acids is 1. The van der Waals surface area contributed by atoms with Crippen LogP contribution in [0.3, 0.4) is 0 Å². The Kier molecular flexibility index (Phi) is 6.17. The lowest BCUT2D eigenvalue weighted by atomic mass is 9.65. The van der Waals surface area contributed by atoms with Gasteiger partial charge in [-0.3, -0.25) is 4.68 Å². The third kappa shape index (κ3) is 5.00. The summed E-state index contributed by atoms with van der Waals surface area (Å²) in [7, 11) is 1.84. The number of hydrogen-bond acceptors (Lipinski definition) is 5. The van der Waals surface area contributed by atoms with E-state index >= 15 is 0 Å². The van der Waals surface area contributed by atoms with Crippen LogP contribution in [0.5, 0.6) is 0 Å². The Morgan fingerprint density at radius 3 is 2.74 bits per heavy atom. The predicted octanol–water partition coefficient (Wildman–Crippen LogP) is 5.12. The van der Waals surface area contributed by atoms with Crippen LogP contribution in [0.15, 0.2) is 36.7 Å². The fourth-order valence-corrected chi connectivity index (χ4v) is 6.32. The average Bonchev–Trinajstić information content (AvgIpc) is 3.29. The molecule has 2 aromatic heterocycles. The number of aromatic nitrogens is 4. The van der Waals surface area contributed by atoms with Crippen molar-refractivity contribution in [2.45, 2.75) is 76.9 Å². The Hall–Kier alpha value is -3.80. The number of rotatable bonds is 6. The van der Waals surface area contributed by atoms with Gasteiger partial charge in [0.15, 0.2) is 0 Å². The van der Waals surface area contributed by atoms with E-state index in [-0.39, 0.29) is 23.0 Å². The van der Waals surface area contributed by atoms with E-state index in [1.807, 2.05) is 54.5 Å². The molecular weight excluding hydrogens is 488 g/mol. The van der Waals surface area contributed by atoms with Gasteiger partial charge >= 0.3 is 6.03 Å². The summed E-state index contributed by atoms with van der Waals surface area (Å²) in [6.07, 6.45) is 9.27. The molecule has 6 rings (SSSR count). The van der Waals surface area contributed by atoms with Crippen LogP contribution in [-0.2, 0) is 6.54 Å². The molecule has 9 heteroatoms. The standard InChI is InChI=1S/C30H38N8O/c1-29(2,3)34-28(39)36-11-10-30(19-36)13-24(14-30)38-27(32-4)25(15-31)26(35-38)23-16-33-37(18-23)17-20-6-5-7-22(12-20)21-8-9-21/h5-7,12,16,18,21,24,32H,8-11,13-14,17,19H2,1-4H3,(H,34,39)/t24-,30-. The van der Waals surface area contributed by atoms with Gasteiger partial charge in [-0.15, -0.1) is 0 Å². The molecule has 3 aromatic rings. The van der Waals surface area contributed by atoms with Gasteiger partial charge < -0.3 is 15.5 Å². The smallest absolute Gasteiger partial charge is 0.317 e. The second kappa shape index (κ2) is 9.44. The summed E-state index contributed by atoms with van der Waals surface area (Å²) in [6.45, 7) is 8.26. The third-order valence-electron chi connectivity index (χ3n) is 8.40. The van der Waals surface area contributed by atoms with Gasteiger partial charge in [-0.25, -0.2) is 9.48 Å². The van der Waals surface area contributed by atoms with Crippen LogP contribution in [0.1, 0.15) is 81.5 Å². The van der Waals surface area contributed by atoms with Gasteiger partial charge in [0.1, 0.15) is 23.1 Å². The normalized spacial score (nSPS) is 22.5. The van der Waals surface area contributed by atoms with Crippen molar-refractivity contribution in [3.63, 3.8) is 0 Å². The van der Waals surface area contributed by atoms with Crippen LogP contribution in [0.2, 0.25) is 0 Å². The number of anilines is 1. The van der Waals surface area contributed by atoms with Crippen molar-refractivity contribution in [1.82, 2.24) is 29.8 Å². The molecule has 2 saturated carbocycles. The molecule has 2 amide bonds. The summed E-state index contributed by atoms with van der Waals surface area (Å²) in [5.41, 5.74) is 4.60. The number of nitriles is 1. The van der Waals surface area contributed by atoms with Crippen molar-refractivity contribution in [3.05, 3.63) is 53.3 Å². The predicted molar refractivity (Wildman–Crippen MR) is 150 cm³/mol. The minimum absolute atomic E-state index is 0.0168. The zero-order valence-corrected chi connectivity index (χ0v) is 23.4. The Morgan fingerprint density at radius 2 is 2.05 bits per heavy atom. The van der Waals surface area contributed by atoms with Crippen LogP contribution in [0.4, 0.5) is 10.6 Å². The van der Waals surface area contributed by atoms with Gasteiger partial charge in [0.05, 0.1) is 18.8 Å². The number of amides is 2. The number of carbonyl (C=O) groups is 1. The largest absolute Gasteiger partial charge is 0.372 e. The van der Waals surface area contributed by atoms with Gasteiger partial charge in [-0.2, -0.15) is 15.5 Å². The van der Waals surface area contributed by atoms with Gasteiger partial charge in [0.25, 0.3) is 0 Å². The molecule has 1 spiro atoms. The second-order valence-electron chi connectivity index (χ2n) is 12.7. The maximum Gasteiger partial charge on any atom is 0.317 e. The van der Waals surface area contributed by atoms with Crippen molar-refractivity contribution in [2.75, 3.05) is 25.5 Å².